The number of para-hydroxylation sites is 1. The van der Waals surface area contributed by atoms with E-state index in [0.29, 0.717) is 27.7 Å². The first-order chi connectivity index (χ1) is 18.9. The maximum atomic E-state index is 13.8. The normalized spacial score (nSPS) is 14.7. The summed E-state index contributed by atoms with van der Waals surface area (Å²) in [5.74, 6) is 0.736. The predicted molar refractivity (Wildman–Crippen MR) is 157 cm³/mol. The van der Waals surface area contributed by atoms with Crippen LogP contribution in [-0.4, -0.2) is 29.6 Å². The van der Waals surface area contributed by atoms with Crippen molar-refractivity contribution in [2.24, 2.45) is 5.92 Å². The molecule has 1 N–H and O–H groups in total. The molecule has 39 heavy (non-hydrogen) atoms. The summed E-state index contributed by atoms with van der Waals surface area (Å²) in [6.45, 7) is 8.27. The summed E-state index contributed by atoms with van der Waals surface area (Å²) in [5, 5.41) is 4.41. The third-order valence-corrected chi connectivity index (χ3v) is 8.30. The second kappa shape index (κ2) is 11.6. The van der Waals surface area contributed by atoms with Gasteiger partial charge in [0.2, 0.25) is 0 Å². The molecule has 7 heteroatoms. The Bertz CT molecular complexity index is 1510. The van der Waals surface area contributed by atoms with Gasteiger partial charge in [-0.1, -0.05) is 31.5 Å². The number of aromatic nitrogens is 1. The number of thiophene rings is 1. The third-order valence-electron chi connectivity index (χ3n) is 7.13. The quantitative estimate of drug-likeness (QED) is 0.231. The van der Waals surface area contributed by atoms with Crippen LogP contribution in [0.15, 0.2) is 54.6 Å². The van der Waals surface area contributed by atoms with Gasteiger partial charge in [0.1, 0.15) is 10.8 Å². The minimum absolute atomic E-state index is 0.0835. The van der Waals surface area contributed by atoms with Crippen LogP contribution >= 0.6 is 11.3 Å². The summed E-state index contributed by atoms with van der Waals surface area (Å²) in [4.78, 5) is 32.9. The van der Waals surface area contributed by atoms with E-state index in [1.807, 2.05) is 68.4 Å². The molecule has 1 atom stereocenters. The molecule has 6 nitrogen and oxygen atoms in total. The Kier molecular flexibility index (Phi) is 7.98. The first kappa shape index (κ1) is 26.9. The molecule has 0 saturated carbocycles. The van der Waals surface area contributed by atoms with Crippen LogP contribution in [-0.2, 0) is 17.6 Å². The average molecular weight is 543 g/mol. The van der Waals surface area contributed by atoms with Crippen molar-refractivity contribution in [3.8, 4) is 17.0 Å². The van der Waals surface area contributed by atoms with Crippen molar-refractivity contribution in [1.29, 1.82) is 0 Å². The minimum Gasteiger partial charge on any atom is -0.491 e. The zero-order valence-electron chi connectivity index (χ0n) is 22.9. The number of hydrogen-bond acceptors (Lipinski definition) is 6. The number of pyridine rings is 1. The summed E-state index contributed by atoms with van der Waals surface area (Å²) < 4.78 is 11.2. The van der Waals surface area contributed by atoms with Gasteiger partial charge in [-0.05, 0) is 87.9 Å². The summed E-state index contributed by atoms with van der Waals surface area (Å²) in [5.41, 5.74) is 4.35. The van der Waals surface area contributed by atoms with E-state index in [1.54, 1.807) is 6.92 Å². The first-order valence-corrected chi connectivity index (χ1v) is 14.5. The van der Waals surface area contributed by atoms with Crippen LogP contribution in [0.2, 0.25) is 0 Å². The van der Waals surface area contributed by atoms with Crippen LogP contribution in [0.5, 0.6) is 5.75 Å². The molecule has 2 heterocycles. The monoisotopic (exact) mass is 542 g/mol. The Morgan fingerprint density at radius 1 is 1.10 bits per heavy atom. The molecule has 4 aromatic rings. The Labute approximate surface area is 233 Å². The lowest BCUT2D eigenvalue weighted by Crippen LogP contribution is -2.17. The highest BCUT2D eigenvalue weighted by Gasteiger charge is 2.30. The van der Waals surface area contributed by atoms with Crippen LogP contribution in [0.3, 0.4) is 0 Å². The van der Waals surface area contributed by atoms with Gasteiger partial charge in [0, 0.05) is 15.8 Å². The Morgan fingerprint density at radius 2 is 1.87 bits per heavy atom. The molecule has 0 aliphatic heterocycles. The summed E-state index contributed by atoms with van der Waals surface area (Å²) >= 11 is 1.51. The lowest BCUT2D eigenvalue weighted by Gasteiger charge is -2.20. The van der Waals surface area contributed by atoms with Gasteiger partial charge < -0.3 is 14.8 Å². The molecule has 0 bridgehead atoms. The van der Waals surface area contributed by atoms with Gasteiger partial charge in [0.05, 0.1) is 35.0 Å². The molecule has 0 spiro atoms. The van der Waals surface area contributed by atoms with Gasteiger partial charge in [-0.2, -0.15) is 0 Å². The van der Waals surface area contributed by atoms with Crippen LogP contribution in [0.4, 0.5) is 5.00 Å². The fourth-order valence-corrected chi connectivity index (χ4v) is 6.51. The molecular formula is C32H34N2O4S. The van der Waals surface area contributed by atoms with Gasteiger partial charge >= 0.3 is 5.97 Å². The maximum Gasteiger partial charge on any atom is 0.341 e. The van der Waals surface area contributed by atoms with E-state index in [4.69, 9.17) is 14.5 Å². The molecule has 0 unspecified atom stereocenters. The second-order valence-corrected chi connectivity index (χ2v) is 11.3. The van der Waals surface area contributed by atoms with Crippen molar-refractivity contribution in [1.82, 2.24) is 4.98 Å². The van der Waals surface area contributed by atoms with Crippen LogP contribution in [0.1, 0.15) is 71.7 Å². The summed E-state index contributed by atoms with van der Waals surface area (Å²) in [7, 11) is 0. The maximum absolute atomic E-state index is 13.8. The molecule has 202 valence electrons. The lowest BCUT2D eigenvalue weighted by atomic mass is 9.85. The highest BCUT2D eigenvalue weighted by Crippen LogP contribution is 2.41. The zero-order chi connectivity index (χ0) is 27.5. The number of carbonyl (C=O) groups is 2. The van der Waals surface area contributed by atoms with Crippen LogP contribution < -0.4 is 10.1 Å². The third kappa shape index (κ3) is 5.69. The van der Waals surface area contributed by atoms with Gasteiger partial charge in [-0.25, -0.2) is 9.78 Å². The Balaban J connectivity index is 1.53. The molecule has 1 aliphatic rings. The smallest absolute Gasteiger partial charge is 0.341 e. The van der Waals surface area contributed by atoms with Crippen molar-refractivity contribution in [3.05, 3.63) is 76.2 Å². The van der Waals surface area contributed by atoms with E-state index in [0.717, 1.165) is 53.5 Å². The fourth-order valence-electron chi connectivity index (χ4n) is 5.17. The number of rotatable bonds is 8. The second-order valence-electron chi connectivity index (χ2n) is 10.2. The van der Waals surface area contributed by atoms with Crippen molar-refractivity contribution >= 4 is 39.1 Å². The number of ether oxygens (including phenoxy) is 2. The first-order valence-electron chi connectivity index (χ1n) is 13.7. The molecule has 2 aromatic carbocycles. The number of hydrogen-bond donors (Lipinski definition) is 1. The number of esters is 1. The van der Waals surface area contributed by atoms with Crippen molar-refractivity contribution in [2.75, 3.05) is 11.9 Å². The van der Waals surface area contributed by atoms with Crippen molar-refractivity contribution < 1.29 is 19.1 Å². The zero-order valence-corrected chi connectivity index (χ0v) is 23.7. The van der Waals surface area contributed by atoms with E-state index < -0.39 is 0 Å². The molecule has 2 aromatic heterocycles. The van der Waals surface area contributed by atoms with E-state index >= 15 is 0 Å². The number of carbonyl (C=O) groups excluding carboxylic acids is 2. The fraction of sp³-hybridized carbons (Fsp3) is 0.344. The molecule has 1 aliphatic carbocycles. The number of nitrogens with zero attached hydrogens (tertiary/aromatic N) is 1. The summed E-state index contributed by atoms with van der Waals surface area (Å²) in [6.07, 6.45) is 3.98. The highest BCUT2D eigenvalue weighted by molar-refractivity contribution is 7.17. The number of benzene rings is 2. The molecule has 0 saturated heterocycles. The molecular weight excluding hydrogens is 508 g/mol. The van der Waals surface area contributed by atoms with Gasteiger partial charge in [-0.3, -0.25) is 4.79 Å². The number of anilines is 1. The molecule has 0 radical (unpaired) electrons. The Hall–Kier alpha value is -3.71. The molecule has 5 rings (SSSR count). The largest absolute Gasteiger partial charge is 0.491 e. The van der Waals surface area contributed by atoms with E-state index in [2.05, 4.69) is 12.2 Å². The molecule has 0 fully saturated rings. The SMILES string of the molecule is CCOC(=O)c1c(NC(=O)c2cc(-c3ccc(OC(C)C)cc3)nc3ccccc23)sc2c1CC[C@H](CC)C2. The topological polar surface area (TPSA) is 77.5 Å². The van der Waals surface area contributed by atoms with Gasteiger partial charge in [-0.15, -0.1) is 11.3 Å². The average Bonchev–Trinajstić information content (AvgIpc) is 3.29. The van der Waals surface area contributed by atoms with Gasteiger partial charge in [0.25, 0.3) is 5.91 Å². The number of amides is 1. The van der Waals surface area contributed by atoms with Crippen LogP contribution in [0, 0.1) is 5.92 Å². The minimum atomic E-state index is -0.371. The number of fused-ring (bicyclic) bond motifs is 2. The van der Waals surface area contributed by atoms with Crippen molar-refractivity contribution in [3.63, 3.8) is 0 Å². The predicted octanol–water partition coefficient (Wildman–Crippen LogP) is 7.69. The highest BCUT2D eigenvalue weighted by atomic mass is 32.1. The van der Waals surface area contributed by atoms with Crippen molar-refractivity contribution in [2.45, 2.75) is 59.5 Å². The van der Waals surface area contributed by atoms with E-state index in [1.165, 1.54) is 16.2 Å². The van der Waals surface area contributed by atoms with E-state index in [9.17, 15) is 9.59 Å². The van der Waals surface area contributed by atoms with Gasteiger partial charge in [0.15, 0.2) is 0 Å². The number of nitrogens with one attached hydrogen (secondary N) is 1. The standard InChI is InChI=1S/C32H34N2O4S/c1-5-20-11-16-24-28(17-20)39-31(29(24)32(36)37-6-2)34-30(35)25-18-27(33-26-10-8-7-9-23(25)26)21-12-14-22(15-13-21)38-19(3)4/h7-10,12-15,18-20H,5-6,11,16-17H2,1-4H3,(H,34,35)/t20-/m0/s1. The van der Waals surface area contributed by atoms with E-state index in [-0.39, 0.29) is 24.6 Å². The Morgan fingerprint density at radius 3 is 2.59 bits per heavy atom. The van der Waals surface area contributed by atoms with Crippen LogP contribution in [0.25, 0.3) is 22.2 Å². The summed E-state index contributed by atoms with van der Waals surface area (Å²) in [6, 6.07) is 17.2. The lowest BCUT2D eigenvalue weighted by molar-refractivity contribution is 0.0526. The molecule has 1 amide bonds.